The standard InChI is InChI=1S/C15H13N3O4.C12H9F3N2O7S/c1-10(19)16-7-3-4-13-8-12-9-14(18(21)22)5-6-15(12)17(13)11(2)20;1-2-23-11(18)16-9-4-3-8(17(19)20)5-7(9)6-10(16)24-25(21,22)12(13,14)15/h5-6,8-9H,7H2,1-2H3,(H,16,19);3-6H,2H2,1H3. The summed E-state index contributed by atoms with van der Waals surface area (Å²) in [6.07, 6.45) is -1.21. The lowest BCUT2D eigenvalue weighted by Crippen LogP contribution is -2.29. The third kappa shape index (κ3) is 8.20. The van der Waals surface area contributed by atoms with E-state index in [1.54, 1.807) is 6.07 Å². The molecule has 0 spiro atoms. The van der Waals surface area contributed by atoms with Gasteiger partial charge < -0.3 is 14.2 Å². The van der Waals surface area contributed by atoms with Crippen LogP contribution in [-0.2, 0) is 19.6 Å². The van der Waals surface area contributed by atoms with Gasteiger partial charge in [0.25, 0.3) is 11.4 Å². The average molecular weight is 682 g/mol. The Labute approximate surface area is 262 Å². The predicted octanol–water partition coefficient (Wildman–Crippen LogP) is 4.48. The lowest BCUT2D eigenvalue weighted by Gasteiger charge is -2.11. The molecular weight excluding hydrogens is 659 g/mol. The number of nitrogens with zero attached hydrogens (tertiary/aromatic N) is 4. The number of hydrogen-bond donors (Lipinski definition) is 1. The highest BCUT2D eigenvalue weighted by atomic mass is 32.2. The summed E-state index contributed by atoms with van der Waals surface area (Å²) in [4.78, 5) is 54.8. The number of carbonyl (C=O) groups is 3. The minimum absolute atomic E-state index is 0.0500. The number of alkyl halides is 3. The molecule has 0 aliphatic heterocycles. The fourth-order valence-electron chi connectivity index (χ4n) is 3.94. The number of fused-ring (bicyclic) bond motifs is 2. The molecule has 0 aliphatic carbocycles. The van der Waals surface area contributed by atoms with E-state index < -0.39 is 43.1 Å². The van der Waals surface area contributed by atoms with Crippen molar-refractivity contribution in [2.45, 2.75) is 26.3 Å². The van der Waals surface area contributed by atoms with Crippen molar-refractivity contribution in [3.63, 3.8) is 0 Å². The molecule has 4 aromatic rings. The third-order valence-electron chi connectivity index (χ3n) is 5.84. The molecule has 47 heavy (non-hydrogen) atoms. The maximum atomic E-state index is 12.5. The molecule has 20 heteroatoms. The Morgan fingerprint density at radius 1 is 0.915 bits per heavy atom. The van der Waals surface area contributed by atoms with E-state index in [0.29, 0.717) is 21.2 Å². The number of carbonyl (C=O) groups excluding carboxylic acids is 3. The molecule has 0 saturated carbocycles. The summed E-state index contributed by atoms with van der Waals surface area (Å²) in [5.41, 5.74) is -5.34. The van der Waals surface area contributed by atoms with E-state index in [4.69, 9.17) is 0 Å². The Balaban J connectivity index is 0.000000257. The number of nitrogens with one attached hydrogen (secondary N) is 1. The van der Waals surface area contributed by atoms with Gasteiger partial charge in [0.05, 0.1) is 34.0 Å². The highest BCUT2D eigenvalue weighted by Gasteiger charge is 2.49. The van der Waals surface area contributed by atoms with Crippen LogP contribution >= 0.6 is 0 Å². The van der Waals surface area contributed by atoms with E-state index in [1.807, 2.05) is 0 Å². The van der Waals surface area contributed by atoms with Crippen LogP contribution in [0.2, 0.25) is 0 Å². The maximum absolute atomic E-state index is 12.5. The summed E-state index contributed by atoms with van der Waals surface area (Å²) in [5, 5.41) is 24.6. The second-order valence-electron chi connectivity index (χ2n) is 9.10. The number of hydrogen-bond acceptors (Lipinski definition) is 11. The van der Waals surface area contributed by atoms with Gasteiger partial charge in [-0.15, -0.1) is 0 Å². The topological polar surface area (TPSA) is 212 Å². The fourth-order valence-corrected chi connectivity index (χ4v) is 4.38. The summed E-state index contributed by atoms with van der Waals surface area (Å²) >= 11 is 0. The molecule has 4 rings (SSSR count). The van der Waals surface area contributed by atoms with Gasteiger partial charge in [-0.3, -0.25) is 34.4 Å². The Hall–Kier alpha value is -5.97. The van der Waals surface area contributed by atoms with Crippen molar-refractivity contribution in [2.75, 3.05) is 13.2 Å². The zero-order valence-electron chi connectivity index (χ0n) is 24.4. The van der Waals surface area contributed by atoms with Crippen LogP contribution in [0, 0.1) is 32.1 Å². The number of nitro groups is 2. The molecule has 1 N–H and O–H groups in total. The highest BCUT2D eigenvalue weighted by Crippen LogP contribution is 2.33. The van der Waals surface area contributed by atoms with E-state index in [1.165, 1.54) is 43.5 Å². The highest BCUT2D eigenvalue weighted by molar-refractivity contribution is 7.88. The molecule has 0 fully saturated rings. The first-order chi connectivity index (χ1) is 21.9. The summed E-state index contributed by atoms with van der Waals surface area (Å²) in [7, 11) is -6.06. The van der Waals surface area contributed by atoms with Gasteiger partial charge in [0, 0.05) is 55.0 Å². The Kier molecular flexibility index (Phi) is 10.6. The van der Waals surface area contributed by atoms with Crippen LogP contribution in [0.1, 0.15) is 31.3 Å². The minimum Gasteiger partial charge on any atom is -0.449 e. The normalized spacial score (nSPS) is 11.1. The Morgan fingerprint density at radius 3 is 1.91 bits per heavy atom. The molecule has 248 valence electrons. The third-order valence-corrected chi connectivity index (χ3v) is 6.80. The van der Waals surface area contributed by atoms with Gasteiger partial charge in [0.15, 0.2) is 0 Å². The molecule has 2 heterocycles. The second-order valence-corrected chi connectivity index (χ2v) is 10.6. The molecule has 1 amide bonds. The maximum Gasteiger partial charge on any atom is 0.534 e. The van der Waals surface area contributed by atoms with Crippen molar-refractivity contribution in [1.82, 2.24) is 14.5 Å². The smallest absolute Gasteiger partial charge is 0.449 e. The second kappa shape index (κ2) is 14.0. The van der Waals surface area contributed by atoms with Crippen molar-refractivity contribution in [3.8, 4) is 17.7 Å². The molecule has 2 aromatic carbocycles. The largest absolute Gasteiger partial charge is 0.534 e. The zero-order chi connectivity index (χ0) is 35.3. The molecule has 0 atom stereocenters. The zero-order valence-corrected chi connectivity index (χ0v) is 25.2. The molecule has 0 saturated heterocycles. The van der Waals surface area contributed by atoms with Gasteiger partial charge in [-0.2, -0.15) is 21.6 Å². The van der Waals surface area contributed by atoms with E-state index >= 15 is 0 Å². The monoisotopic (exact) mass is 681 g/mol. The van der Waals surface area contributed by atoms with Crippen LogP contribution < -0.4 is 9.50 Å². The van der Waals surface area contributed by atoms with Crippen molar-refractivity contribution >= 4 is 61.2 Å². The van der Waals surface area contributed by atoms with Gasteiger partial charge >= 0.3 is 21.7 Å². The molecule has 0 bridgehead atoms. The van der Waals surface area contributed by atoms with Crippen molar-refractivity contribution in [3.05, 3.63) is 74.5 Å². The van der Waals surface area contributed by atoms with Crippen LogP contribution in [-0.4, -0.2) is 64.0 Å². The van der Waals surface area contributed by atoms with Gasteiger partial charge in [0.2, 0.25) is 17.7 Å². The first-order valence-electron chi connectivity index (χ1n) is 12.9. The lowest BCUT2D eigenvalue weighted by atomic mass is 10.2. The summed E-state index contributed by atoms with van der Waals surface area (Å²) in [6, 6.07) is 9.61. The van der Waals surface area contributed by atoms with Gasteiger partial charge in [0.1, 0.15) is 5.69 Å². The Bertz CT molecular complexity index is 2090. The van der Waals surface area contributed by atoms with Crippen LogP contribution in [0.5, 0.6) is 5.88 Å². The number of halogens is 3. The number of amides is 1. The SMILES string of the molecule is CC(=O)NCC#Cc1cc2cc([N+](=O)[O-])ccc2n1C(C)=O.CCOC(=O)n1c(OS(=O)(=O)C(F)(F)F)cc2cc([N+](=O)[O-])ccc21. The predicted molar refractivity (Wildman–Crippen MR) is 157 cm³/mol. The first-order valence-corrected chi connectivity index (χ1v) is 14.3. The van der Waals surface area contributed by atoms with E-state index in [-0.39, 0.29) is 41.6 Å². The quantitative estimate of drug-likeness (QED) is 0.0985. The minimum atomic E-state index is -6.06. The summed E-state index contributed by atoms with van der Waals surface area (Å²) in [6.45, 7) is 4.19. The van der Waals surface area contributed by atoms with Crippen molar-refractivity contribution < 1.29 is 54.7 Å². The van der Waals surface area contributed by atoms with E-state index in [0.717, 1.165) is 24.3 Å². The molecular formula is C27H22F3N5O11S. The molecule has 0 radical (unpaired) electrons. The number of rotatable bonds is 6. The fraction of sp³-hybridized carbons (Fsp3) is 0.222. The summed E-state index contributed by atoms with van der Waals surface area (Å²) in [5.74, 6) is 4.09. The molecule has 0 unspecified atom stereocenters. The number of ether oxygens (including phenoxy) is 1. The number of aromatic nitrogens is 2. The number of benzene rings is 2. The van der Waals surface area contributed by atoms with Gasteiger partial charge in [-0.25, -0.2) is 9.36 Å². The van der Waals surface area contributed by atoms with E-state index in [9.17, 15) is 56.2 Å². The summed E-state index contributed by atoms with van der Waals surface area (Å²) < 4.78 is 70.3. The van der Waals surface area contributed by atoms with Crippen LogP contribution in [0.25, 0.3) is 21.8 Å². The van der Waals surface area contributed by atoms with Crippen LogP contribution in [0.15, 0.2) is 48.5 Å². The van der Waals surface area contributed by atoms with Crippen molar-refractivity contribution in [2.24, 2.45) is 0 Å². The molecule has 2 aromatic heterocycles. The Morgan fingerprint density at radius 2 is 1.45 bits per heavy atom. The van der Waals surface area contributed by atoms with Crippen molar-refractivity contribution in [1.29, 1.82) is 0 Å². The first kappa shape index (κ1) is 35.5. The average Bonchev–Trinajstić information content (AvgIpc) is 3.51. The van der Waals surface area contributed by atoms with E-state index in [2.05, 4.69) is 26.1 Å². The number of nitro benzene ring substituents is 2. The lowest BCUT2D eigenvalue weighted by molar-refractivity contribution is -0.384. The van der Waals surface area contributed by atoms with Crippen LogP contribution in [0.3, 0.4) is 0 Å². The molecule has 16 nitrogen and oxygen atoms in total. The molecule has 0 aliphatic rings. The van der Waals surface area contributed by atoms with Gasteiger partial charge in [-0.05, 0) is 31.0 Å². The van der Waals surface area contributed by atoms with Crippen LogP contribution in [0.4, 0.5) is 29.3 Å². The number of non-ortho nitro benzene ring substituents is 2. The van der Waals surface area contributed by atoms with Gasteiger partial charge in [-0.1, -0.05) is 5.92 Å².